The van der Waals surface area contributed by atoms with E-state index in [2.05, 4.69) is 184 Å². The predicted molar refractivity (Wildman–Crippen MR) is 193 cm³/mol. The van der Waals surface area contributed by atoms with Gasteiger partial charge in [-0.2, -0.15) is 0 Å². The maximum Gasteiger partial charge on any atom is -1.00 e. The summed E-state index contributed by atoms with van der Waals surface area (Å²) in [5.41, 5.74) is 10.2. The molecule has 1 aliphatic carbocycles. The fraction of sp³-hybridized carbons (Fsp3) is 0.450. The summed E-state index contributed by atoms with van der Waals surface area (Å²) >= 11 is 2.44. The summed E-state index contributed by atoms with van der Waals surface area (Å²) in [6, 6.07) is 25.3. The molecule has 0 aromatic heterocycles. The van der Waals surface area contributed by atoms with Gasteiger partial charge in [-0.05, 0) is 0 Å². The van der Waals surface area contributed by atoms with E-state index < -0.39 is 16.1 Å². The maximum absolute atomic E-state index is 2.79. The number of rotatable bonds is 5. The Labute approximate surface area is 314 Å². The van der Waals surface area contributed by atoms with Crippen LogP contribution in [-0.4, -0.2) is 16.1 Å². The van der Waals surface area contributed by atoms with Gasteiger partial charge in [0.25, 0.3) is 0 Å². The Morgan fingerprint density at radius 2 is 0.935 bits per heavy atom. The molecule has 0 heterocycles. The van der Waals surface area contributed by atoms with Gasteiger partial charge in [0.05, 0.1) is 0 Å². The van der Waals surface area contributed by atoms with Crippen molar-refractivity contribution < 1.29 is 57.7 Å². The van der Waals surface area contributed by atoms with Gasteiger partial charge >= 0.3 is 279 Å². The van der Waals surface area contributed by atoms with E-state index in [9.17, 15) is 0 Å². The van der Waals surface area contributed by atoms with Crippen molar-refractivity contribution >= 4 is 36.9 Å². The molecule has 46 heavy (non-hydrogen) atoms. The van der Waals surface area contributed by atoms with Crippen LogP contribution in [0.1, 0.15) is 91.5 Å². The van der Waals surface area contributed by atoms with Crippen LogP contribution in [0.5, 0.6) is 0 Å². The summed E-state index contributed by atoms with van der Waals surface area (Å²) in [5.74, 6) is 0. The van der Waals surface area contributed by atoms with Gasteiger partial charge in [0, 0.05) is 0 Å². The first kappa shape index (κ1) is 43.2. The number of benzene rings is 3. The average molecular weight is 746 g/mol. The molecule has 4 rings (SSSR count). The quantitative estimate of drug-likeness (QED) is 0.252. The third kappa shape index (κ3) is 7.35. The van der Waals surface area contributed by atoms with Crippen LogP contribution >= 0.6 is 0 Å². The Balaban J connectivity index is 0.00000353. The predicted octanol–water partition coefficient (Wildman–Crippen LogP) is -0.143. The molecule has 0 bridgehead atoms. The molecule has 3 aromatic carbocycles. The van der Waals surface area contributed by atoms with Crippen molar-refractivity contribution in [2.24, 2.45) is 0 Å². The molecule has 0 aliphatic heterocycles. The van der Waals surface area contributed by atoms with Crippen LogP contribution < -0.4 is 58.0 Å². The van der Waals surface area contributed by atoms with Gasteiger partial charge in [0.2, 0.25) is 0 Å². The van der Waals surface area contributed by atoms with E-state index in [-0.39, 0.29) is 53.1 Å². The zero-order valence-electron chi connectivity index (χ0n) is 30.9. The monoisotopic (exact) mass is 744 g/mol. The topological polar surface area (TPSA) is 0 Å². The first-order chi connectivity index (χ1) is 19.6. The van der Waals surface area contributed by atoms with Crippen LogP contribution in [0.25, 0.3) is 0 Å². The zero-order chi connectivity index (χ0) is 32.5. The molecule has 2 unspecified atom stereocenters. The van der Waals surface area contributed by atoms with Gasteiger partial charge < -0.3 is 37.2 Å². The normalized spacial score (nSPS) is 18.5. The fourth-order valence-electron chi connectivity index (χ4n) is 7.36. The largest absolute Gasteiger partial charge is 1.00 e. The number of halogens is 3. The van der Waals surface area contributed by atoms with Crippen LogP contribution in [0.3, 0.4) is 0 Å². The third-order valence-corrected chi connectivity index (χ3v) is 19.9. The molecular formula is C40H55Cl3Si2Ti. The SMILES string of the molecule is CC1=C(C)C(C)([Si](c2ccc([Si](C)(C)C)cc2)(c2cc(C)cc(C)c2)c2cc(C(C)(C)C)cc(C(C)(C)C)c2)[C]([Ti+3])=C1C.[Cl-].[Cl-].[Cl-]. The molecule has 0 nitrogen and oxygen atoms in total. The van der Waals surface area contributed by atoms with E-state index in [0.29, 0.717) is 0 Å². The van der Waals surface area contributed by atoms with Crippen molar-refractivity contribution in [1.82, 2.24) is 0 Å². The summed E-state index contributed by atoms with van der Waals surface area (Å²) < 4.78 is 1.54. The molecule has 0 saturated heterocycles. The minimum Gasteiger partial charge on any atom is -1.00 e. The van der Waals surface area contributed by atoms with E-state index >= 15 is 0 Å². The second kappa shape index (κ2) is 14.6. The molecule has 0 amide bonds. The van der Waals surface area contributed by atoms with Crippen LogP contribution in [-0.2, 0) is 31.3 Å². The van der Waals surface area contributed by atoms with E-state index in [4.69, 9.17) is 0 Å². The molecule has 248 valence electrons. The Morgan fingerprint density at radius 3 is 1.28 bits per heavy atom. The summed E-state index contributed by atoms with van der Waals surface area (Å²) in [5, 5.41) is 6.00. The van der Waals surface area contributed by atoms with Crippen molar-refractivity contribution in [3.05, 3.63) is 104 Å². The van der Waals surface area contributed by atoms with Crippen molar-refractivity contribution in [2.75, 3.05) is 0 Å². The van der Waals surface area contributed by atoms with Gasteiger partial charge in [-0.25, -0.2) is 0 Å². The summed E-state index contributed by atoms with van der Waals surface area (Å²) in [6.07, 6.45) is 0. The van der Waals surface area contributed by atoms with E-state index in [1.807, 2.05) is 0 Å². The second-order valence-corrected chi connectivity index (χ2v) is 26.7. The Kier molecular flexibility index (Phi) is 13.7. The molecule has 6 heteroatoms. The standard InChI is InChI=1S/C40H55Si2.3ClH.Ti/c1-27-20-28(2)22-36(21-27)42(40(12)26-29(3)30(4)31(40)5,35-18-16-34(17-19-35)41(13,14)15)37-24-32(38(6,7)8)23-33(25-37)39(9,10)11;;;;/h16-25H,1-15H3;3*1H;/q;;;;+3/p-3. The van der Waals surface area contributed by atoms with Crippen LogP contribution in [0.4, 0.5) is 0 Å². The first-order valence-electron chi connectivity index (χ1n) is 16.0. The fourth-order valence-corrected chi connectivity index (χ4v) is 16.3. The van der Waals surface area contributed by atoms with Gasteiger partial charge in [0.1, 0.15) is 0 Å². The van der Waals surface area contributed by atoms with E-state index in [1.54, 1.807) is 14.6 Å². The molecule has 0 radical (unpaired) electrons. The van der Waals surface area contributed by atoms with Crippen molar-refractivity contribution in [3.8, 4) is 0 Å². The van der Waals surface area contributed by atoms with Crippen LogP contribution in [0.2, 0.25) is 24.7 Å². The van der Waals surface area contributed by atoms with E-state index in [0.717, 1.165) is 0 Å². The molecule has 0 fully saturated rings. The van der Waals surface area contributed by atoms with Crippen molar-refractivity contribution in [2.45, 2.75) is 119 Å². The van der Waals surface area contributed by atoms with Gasteiger partial charge in [-0.3, -0.25) is 0 Å². The average Bonchev–Trinajstić information content (AvgIpc) is 3.03. The number of allylic oxidation sites excluding steroid dienone is 4. The second-order valence-electron chi connectivity index (χ2n) is 16.6. The molecule has 3 aromatic rings. The van der Waals surface area contributed by atoms with Crippen molar-refractivity contribution in [1.29, 1.82) is 0 Å². The number of hydrogen-bond donors (Lipinski definition) is 0. The smallest absolute Gasteiger partial charge is 1.00 e. The van der Waals surface area contributed by atoms with E-state index in [1.165, 1.54) is 49.0 Å². The molecule has 1 aliphatic rings. The summed E-state index contributed by atoms with van der Waals surface area (Å²) in [7, 11) is -4.25. The Bertz CT molecular complexity index is 1550. The van der Waals surface area contributed by atoms with Crippen molar-refractivity contribution in [3.63, 3.8) is 0 Å². The van der Waals surface area contributed by atoms with Crippen LogP contribution in [0, 0.1) is 13.8 Å². The van der Waals surface area contributed by atoms with Crippen LogP contribution in [0.15, 0.2) is 81.3 Å². The minimum absolute atomic E-state index is 0. The summed E-state index contributed by atoms with van der Waals surface area (Å²) in [6.45, 7) is 36.0. The zero-order valence-corrected chi connectivity index (χ0v) is 36.7. The third-order valence-electron chi connectivity index (χ3n) is 10.4. The number of aryl methyl sites for hydroxylation is 2. The molecule has 0 spiro atoms. The Morgan fingerprint density at radius 1 is 0.543 bits per heavy atom. The molecular weight excluding hydrogens is 691 g/mol. The maximum atomic E-state index is 2.63. The van der Waals surface area contributed by atoms with Gasteiger partial charge in [-0.15, -0.1) is 0 Å². The molecule has 0 N–H and O–H groups in total. The van der Waals surface area contributed by atoms with Gasteiger partial charge in [0.15, 0.2) is 0 Å². The molecule has 0 saturated carbocycles. The minimum atomic E-state index is -2.79. The molecule has 2 atom stereocenters. The first-order valence-corrected chi connectivity index (χ1v) is 22.3. The summed E-state index contributed by atoms with van der Waals surface area (Å²) in [4.78, 5) is 0. The van der Waals surface area contributed by atoms with Gasteiger partial charge in [-0.1, -0.05) is 0 Å². The number of hydrogen-bond acceptors (Lipinski definition) is 0. The Hall–Kier alpha value is -0.842.